The number of hydrogen-bond acceptors (Lipinski definition) is 3. The Morgan fingerprint density at radius 2 is 2.09 bits per heavy atom. The van der Waals surface area contributed by atoms with Gasteiger partial charge in [-0.15, -0.1) is 0 Å². The van der Waals surface area contributed by atoms with Crippen LogP contribution in [0, 0.1) is 22.7 Å². The van der Waals surface area contributed by atoms with Crippen molar-refractivity contribution in [2.45, 2.75) is 72.0 Å². The van der Waals surface area contributed by atoms with Gasteiger partial charge in [-0.3, -0.25) is 0 Å². The molecule has 2 fully saturated rings. The third-order valence-corrected chi connectivity index (χ3v) is 6.85. The van der Waals surface area contributed by atoms with E-state index in [1.165, 1.54) is 31.3 Å². The van der Waals surface area contributed by atoms with Crippen LogP contribution in [0.1, 0.15) is 65.7 Å². The Bertz CT molecular complexity index is 545. The van der Waals surface area contributed by atoms with Crippen molar-refractivity contribution < 1.29 is 14.6 Å². The number of fused-ring (bicyclic) bond motifs is 1. The highest BCUT2D eigenvalue weighted by Crippen LogP contribution is 2.61. The molecule has 3 heteroatoms. The van der Waals surface area contributed by atoms with Crippen LogP contribution in [-0.4, -0.2) is 17.4 Å². The molecule has 1 aliphatic heterocycles. The van der Waals surface area contributed by atoms with Crippen molar-refractivity contribution in [2.75, 3.05) is 0 Å². The highest BCUT2D eigenvalue weighted by Gasteiger charge is 2.52. The van der Waals surface area contributed by atoms with Gasteiger partial charge in [0.2, 0.25) is 6.29 Å². The Kier molecular flexibility index (Phi) is 4.20. The molecule has 3 aliphatic rings. The fourth-order valence-corrected chi connectivity index (χ4v) is 5.75. The Labute approximate surface area is 139 Å². The number of esters is 1. The maximum Gasteiger partial charge on any atom is 0.336 e. The number of allylic oxidation sites excluding steroid dienone is 1. The van der Waals surface area contributed by atoms with Gasteiger partial charge in [0.15, 0.2) is 0 Å². The van der Waals surface area contributed by atoms with Gasteiger partial charge in [0.1, 0.15) is 0 Å². The first-order chi connectivity index (χ1) is 10.7. The molecule has 0 amide bonds. The van der Waals surface area contributed by atoms with Crippen LogP contribution < -0.4 is 0 Å². The first-order valence-electron chi connectivity index (χ1n) is 9.01. The van der Waals surface area contributed by atoms with E-state index in [0.717, 1.165) is 18.8 Å². The molecule has 128 valence electrons. The average Bonchev–Trinajstić information content (AvgIpc) is 2.75. The summed E-state index contributed by atoms with van der Waals surface area (Å²) in [6.45, 7) is 11.7. The number of aliphatic hydroxyl groups is 1. The lowest BCUT2D eigenvalue weighted by atomic mass is 9.47. The molecule has 0 aromatic carbocycles. The molecular weight excluding hydrogens is 288 g/mol. The summed E-state index contributed by atoms with van der Waals surface area (Å²) in [6, 6.07) is 0. The maximum atomic E-state index is 11.7. The normalized spacial score (nSPS) is 39.7. The molecule has 1 heterocycles. The van der Waals surface area contributed by atoms with Crippen molar-refractivity contribution in [3.05, 3.63) is 23.8 Å². The van der Waals surface area contributed by atoms with Gasteiger partial charge in [-0.25, -0.2) is 4.79 Å². The van der Waals surface area contributed by atoms with Crippen molar-refractivity contribution >= 4 is 5.97 Å². The molecule has 0 aromatic rings. The van der Waals surface area contributed by atoms with E-state index in [9.17, 15) is 9.90 Å². The number of carbonyl (C=O) groups excluding carboxylic acids is 1. The van der Waals surface area contributed by atoms with Crippen molar-refractivity contribution in [3.8, 4) is 0 Å². The minimum atomic E-state index is -1.05. The minimum absolute atomic E-state index is 0.290. The second-order valence-electron chi connectivity index (χ2n) is 8.68. The summed E-state index contributed by atoms with van der Waals surface area (Å²) in [5.41, 5.74) is 2.67. The molecule has 4 atom stereocenters. The Balaban J connectivity index is 1.78. The smallest absolute Gasteiger partial charge is 0.336 e. The van der Waals surface area contributed by atoms with E-state index < -0.39 is 6.29 Å². The van der Waals surface area contributed by atoms with Gasteiger partial charge in [-0.2, -0.15) is 0 Å². The van der Waals surface area contributed by atoms with Crippen LogP contribution in [0.25, 0.3) is 0 Å². The monoisotopic (exact) mass is 318 g/mol. The third kappa shape index (κ3) is 2.88. The molecule has 3 nitrogen and oxygen atoms in total. The zero-order valence-electron chi connectivity index (χ0n) is 14.7. The van der Waals surface area contributed by atoms with Gasteiger partial charge in [0, 0.05) is 5.57 Å². The van der Waals surface area contributed by atoms with Crippen LogP contribution in [0.15, 0.2) is 23.8 Å². The summed E-state index contributed by atoms with van der Waals surface area (Å²) in [5, 5.41) is 9.43. The molecule has 0 bridgehead atoms. The van der Waals surface area contributed by atoms with E-state index >= 15 is 0 Å². The Morgan fingerprint density at radius 3 is 2.74 bits per heavy atom. The molecule has 3 rings (SSSR count). The summed E-state index contributed by atoms with van der Waals surface area (Å²) in [7, 11) is 0. The number of carbonyl (C=O) groups is 1. The molecular formula is C20H30O3. The van der Waals surface area contributed by atoms with Crippen molar-refractivity contribution in [1.82, 2.24) is 0 Å². The van der Waals surface area contributed by atoms with Crippen molar-refractivity contribution in [3.63, 3.8) is 0 Å². The largest absolute Gasteiger partial charge is 0.429 e. The van der Waals surface area contributed by atoms with Crippen LogP contribution in [-0.2, 0) is 9.53 Å². The van der Waals surface area contributed by atoms with Gasteiger partial charge in [-0.1, -0.05) is 39.3 Å². The van der Waals surface area contributed by atoms with Crippen LogP contribution in [0.3, 0.4) is 0 Å². The predicted octanol–water partition coefficient (Wildman–Crippen LogP) is 4.37. The summed E-state index contributed by atoms with van der Waals surface area (Å²) in [4.78, 5) is 11.7. The van der Waals surface area contributed by atoms with Gasteiger partial charge in [-0.05, 0) is 67.3 Å². The molecule has 2 saturated carbocycles. The summed E-state index contributed by atoms with van der Waals surface area (Å²) in [6.07, 6.45) is 8.35. The standard InChI is InChI=1S/C20H30O3/c1-13-6-9-16-19(2,3)10-5-11-20(16,4)15(13)8-7-14-12-17(21)23-18(14)22/h12,15-17,21H,1,5-11H2,2-4H3/t15-,16-,17+,20+/m0/s1. The topological polar surface area (TPSA) is 46.5 Å². The lowest BCUT2D eigenvalue weighted by Crippen LogP contribution is -2.49. The third-order valence-electron chi connectivity index (χ3n) is 6.85. The molecule has 0 saturated heterocycles. The number of rotatable bonds is 3. The lowest BCUT2D eigenvalue weighted by molar-refractivity contribution is -0.151. The number of ether oxygens (including phenoxy) is 1. The van der Waals surface area contributed by atoms with Crippen LogP contribution >= 0.6 is 0 Å². The van der Waals surface area contributed by atoms with Gasteiger partial charge in [0.05, 0.1) is 0 Å². The number of hydrogen-bond donors (Lipinski definition) is 1. The predicted molar refractivity (Wildman–Crippen MR) is 90.5 cm³/mol. The van der Waals surface area contributed by atoms with Gasteiger partial charge < -0.3 is 9.84 Å². The number of aliphatic hydroxyl groups excluding tert-OH is 1. The molecule has 0 radical (unpaired) electrons. The molecule has 2 aliphatic carbocycles. The van der Waals surface area contributed by atoms with Gasteiger partial charge >= 0.3 is 5.97 Å². The van der Waals surface area contributed by atoms with E-state index in [1.54, 1.807) is 6.08 Å². The maximum absolute atomic E-state index is 11.7. The highest BCUT2D eigenvalue weighted by atomic mass is 16.6. The van der Waals surface area contributed by atoms with Crippen molar-refractivity contribution in [2.24, 2.45) is 22.7 Å². The molecule has 1 N–H and O–H groups in total. The zero-order valence-corrected chi connectivity index (χ0v) is 14.7. The van der Waals surface area contributed by atoms with Crippen LogP contribution in [0.5, 0.6) is 0 Å². The Hall–Kier alpha value is -1.09. The van der Waals surface area contributed by atoms with E-state index in [2.05, 4.69) is 27.4 Å². The van der Waals surface area contributed by atoms with Crippen LogP contribution in [0.2, 0.25) is 0 Å². The minimum Gasteiger partial charge on any atom is -0.429 e. The van der Waals surface area contributed by atoms with Crippen LogP contribution in [0.4, 0.5) is 0 Å². The fourth-order valence-electron chi connectivity index (χ4n) is 5.75. The molecule has 0 unspecified atom stereocenters. The van der Waals surface area contributed by atoms with Crippen molar-refractivity contribution in [1.29, 1.82) is 0 Å². The van der Waals surface area contributed by atoms with E-state index in [-0.39, 0.29) is 5.97 Å². The first kappa shape index (κ1) is 16.8. The first-order valence-corrected chi connectivity index (χ1v) is 9.01. The van der Waals surface area contributed by atoms with Gasteiger partial charge in [0.25, 0.3) is 0 Å². The Morgan fingerprint density at radius 1 is 1.35 bits per heavy atom. The second kappa shape index (κ2) is 5.77. The summed E-state index contributed by atoms with van der Waals surface area (Å²) >= 11 is 0. The lowest BCUT2D eigenvalue weighted by Gasteiger charge is -2.58. The average molecular weight is 318 g/mol. The summed E-state index contributed by atoms with van der Waals surface area (Å²) < 4.78 is 4.81. The SMILES string of the molecule is C=C1CC[C@H]2C(C)(C)CCC[C@]2(C)[C@H]1CCC1=C[C@H](O)OC1=O. The zero-order chi connectivity index (χ0) is 16.8. The molecule has 0 aromatic heterocycles. The highest BCUT2D eigenvalue weighted by molar-refractivity contribution is 5.90. The number of cyclic esters (lactones) is 1. The second-order valence-corrected chi connectivity index (χ2v) is 8.68. The van der Waals surface area contributed by atoms with E-state index in [1.807, 2.05) is 0 Å². The van der Waals surface area contributed by atoms with E-state index in [0.29, 0.717) is 28.7 Å². The summed E-state index contributed by atoms with van der Waals surface area (Å²) in [5.74, 6) is 0.839. The fraction of sp³-hybridized carbons (Fsp3) is 0.750. The quantitative estimate of drug-likeness (QED) is 0.621. The molecule has 0 spiro atoms. The molecule has 23 heavy (non-hydrogen) atoms. The van der Waals surface area contributed by atoms with E-state index in [4.69, 9.17) is 4.74 Å².